The molecule has 1 heteroatoms. The normalized spacial score (nSPS) is 11.7. The van der Waals surface area contributed by atoms with Gasteiger partial charge in [-0.2, -0.15) is 12.6 Å². The van der Waals surface area contributed by atoms with Gasteiger partial charge < -0.3 is 0 Å². The predicted octanol–water partition coefficient (Wildman–Crippen LogP) is 27.1. The maximum absolute atomic E-state index is 4.31. The third-order valence-electron chi connectivity index (χ3n) is 16.8. The lowest BCUT2D eigenvalue weighted by Gasteiger charge is -2.05. The molecule has 0 unspecified atom stereocenters. The highest BCUT2D eigenvalue weighted by atomic mass is 32.1. The first kappa shape index (κ1) is 70.3. The fourth-order valence-electron chi connectivity index (χ4n) is 11.7. The van der Waals surface area contributed by atoms with Crippen LogP contribution >= 0.6 is 12.6 Å². The van der Waals surface area contributed by atoms with Crippen LogP contribution in [0.1, 0.15) is 437 Å². The molecule has 0 aromatic rings. The first-order valence-electron chi connectivity index (χ1n) is 34.5. The molecule has 0 aliphatic heterocycles. The Kier molecular flexibility index (Phi) is 69.7. The molecule has 0 saturated carbocycles. The maximum atomic E-state index is 4.31. The molecule has 0 saturated heterocycles. The van der Waals surface area contributed by atoms with E-state index >= 15 is 0 Å². The maximum Gasteiger partial charge on any atom is -0.00979 e. The summed E-state index contributed by atoms with van der Waals surface area (Å²) in [4.78, 5) is 0. The summed E-state index contributed by atoms with van der Waals surface area (Å²) >= 11 is 4.31. The van der Waals surface area contributed by atoms with E-state index in [1.807, 2.05) is 0 Å². The van der Waals surface area contributed by atoms with Gasteiger partial charge in [-0.1, -0.05) is 431 Å². The molecule has 0 atom stereocenters. The van der Waals surface area contributed by atoms with E-state index in [-0.39, 0.29) is 0 Å². The summed E-state index contributed by atoms with van der Waals surface area (Å²) in [6.07, 6.45) is 99.5. The zero-order valence-corrected chi connectivity index (χ0v) is 50.4. The first-order chi connectivity index (χ1) is 34.9. The molecule has 0 aromatic carbocycles. The average Bonchev–Trinajstić information content (AvgIpc) is 3.37. The van der Waals surface area contributed by atoms with Gasteiger partial charge in [0.15, 0.2) is 0 Å². The lowest BCUT2D eigenvalue weighted by molar-refractivity contribution is 0.506. The topological polar surface area (TPSA) is 0 Å². The summed E-state index contributed by atoms with van der Waals surface area (Å²) < 4.78 is 0. The van der Waals surface area contributed by atoms with E-state index in [9.17, 15) is 0 Å². The van der Waals surface area contributed by atoms with E-state index in [0.717, 1.165) is 5.75 Å². The second-order valence-corrected chi connectivity index (χ2v) is 24.5. The van der Waals surface area contributed by atoms with Gasteiger partial charge in [0, 0.05) is 0 Å². The Morgan fingerprint density at radius 1 is 0.114 bits per heavy atom. The van der Waals surface area contributed by atoms with Crippen molar-refractivity contribution in [2.75, 3.05) is 5.75 Å². The minimum Gasteiger partial charge on any atom is -0.179 e. The zero-order valence-electron chi connectivity index (χ0n) is 49.5. The smallest absolute Gasteiger partial charge is 0.00979 e. The largest absolute Gasteiger partial charge is 0.179 e. The van der Waals surface area contributed by atoms with Crippen molar-refractivity contribution >= 4 is 12.6 Å². The van der Waals surface area contributed by atoms with Gasteiger partial charge in [0.05, 0.1) is 0 Å². The molecule has 0 aliphatic rings. The lowest BCUT2D eigenvalue weighted by Crippen LogP contribution is -1.85. The Bertz CT molecular complexity index is 767. The predicted molar refractivity (Wildman–Crippen MR) is 329 cm³/mol. The highest BCUT2D eigenvalue weighted by Crippen LogP contribution is 2.20. The molecule has 0 nitrogen and oxygen atoms in total. The van der Waals surface area contributed by atoms with Gasteiger partial charge >= 0.3 is 0 Å². The number of rotatable bonds is 67. The molecule has 0 bridgehead atoms. The molecule has 0 spiro atoms. The van der Waals surface area contributed by atoms with Gasteiger partial charge in [-0.15, -0.1) is 0 Å². The number of hydrogen-bond acceptors (Lipinski definition) is 1. The first-order valence-corrected chi connectivity index (χ1v) is 35.2. The Labute approximate surface area is 453 Å². The molecule has 0 N–H and O–H groups in total. The highest BCUT2D eigenvalue weighted by Gasteiger charge is 2.01. The highest BCUT2D eigenvalue weighted by molar-refractivity contribution is 7.80. The summed E-state index contributed by atoms with van der Waals surface area (Å²) in [7, 11) is 0. The van der Waals surface area contributed by atoms with Gasteiger partial charge in [-0.3, -0.25) is 0 Å². The summed E-state index contributed by atoms with van der Waals surface area (Å²) in [5.41, 5.74) is 0. The molecule has 70 heavy (non-hydrogen) atoms. The van der Waals surface area contributed by atoms with Crippen LogP contribution in [0.25, 0.3) is 0 Å². The van der Waals surface area contributed by atoms with E-state index in [0.29, 0.717) is 0 Å². The van der Waals surface area contributed by atoms with Crippen molar-refractivity contribution in [1.29, 1.82) is 0 Å². The molecule has 0 aliphatic carbocycles. The van der Waals surface area contributed by atoms with E-state index < -0.39 is 0 Å². The molecule has 0 radical (unpaired) electrons. The number of unbranched alkanes of at least 4 members (excludes halogenated alkanes) is 66. The minimum absolute atomic E-state index is 1.07. The van der Waals surface area contributed by atoms with Crippen molar-refractivity contribution in [2.45, 2.75) is 437 Å². The van der Waals surface area contributed by atoms with Crippen LogP contribution in [0.2, 0.25) is 0 Å². The SMILES string of the molecule is CCCCCCCCCCCCCCCCCCCCCCCCCCCCCCCCCCCCCCCCCCCCCCCCCCCCCCCCCCCCCCCCCCCCCS. The molecule has 422 valence electrons. The molecule has 0 amide bonds. The Morgan fingerprint density at radius 2 is 0.186 bits per heavy atom. The molecule has 0 heterocycles. The van der Waals surface area contributed by atoms with Gasteiger partial charge in [0.1, 0.15) is 0 Å². The average molecular weight is 1000 g/mol. The molecular formula is C69H140S. The standard InChI is InChI=1S/C69H140S/c1-2-3-4-5-6-7-8-9-10-11-12-13-14-15-16-17-18-19-20-21-22-23-24-25-26-27-28-29-30-31-32-33-34-35-36-37-38-39-40-41-42-43-44-45-46-47-48-49-50-51-52-53-54-55-56-57-58-59-60-61-62-63-64-65-66-67-68-69-70/h70H,2-69H2,1H3. The Balaban J connectivity index is 3.07. The van der Waals surface area contributed by atoms with Gasteiger partial charge in [0.25, 0.3) is 0 Å². The van der Waals surface area contributed by atoms with E-state index in [2.05, 4.69) is 19.6 Å². The summed E-state index contributed by atoms with van der Waals surface area (Å²) in [6.45, 7) is 2.32. The van der Waals surface area contributed by atoms with Crippen molar-refractivity contribution in [3.8, 4) is 0 Å². The van der Waals surface area contributed by atoms with Crippen LogP contribution in [0, 0.1) is 0 Å². The summed E-state index contributed by atoms with van der Waals surface area (Å²) in [6, 6.07) is 0. The van der Waals surface area contributed by atoms with Gasteiger partial charge in [-0.05, 0) is 12.2 Å². The zero-order chi connectivity index (χ0) is 50.1. The Morgan fingerprint density at radius 3 is 0.257 bits per heavy atom. The molecule has 0 fully saturated rings. The van der Waals surface area contributed by atoms with E-state index in [1.54, 1.807) is 0 Å². The monoisotopic (exact) mass is 1000 g/mol. The van der Waals surface area contributed by atoms with Gasteiger partial charge in [0.2, 0.25) is 0 Å². The van der Waals surface area contributed by atoms with Crippen LogP contribution in [-0.4, -0.2) is 5.75 Å². The minimum atomic E-state index is 1.07. The van der Waals surface area contributed by atoms with Crippen LogP contribution in [0.5, 0.6) is 0 Å². The Hall–Kier alpha value is 0.350. The third-order valence-corrected chi connectivity index (χ3v) is 17.1. The van der Waals surface area contributed by atoms with E-state index in [4.69, 9.17) is 0 Å². The third kappa shape index (κ3) is 68.4. The lowest BCUT2D eigenvalue weighted by atomic mass is 10.0. The van der Waals surface area contributed by atoms with E-state index in [1.165, 1.54) is 430 Å². The molecular weight excluding hydrogens is 861 g/mol. The van der Waals surface area contributed by atoms with Crippen LogP contribution in [0.15, 0.2) is 0 Å². The van der Waals surface area contributed by atoms with Crippen LogP contribution in [-0.2, 0) is 0 Å². The van der Waals surface area contributed by atoms with Crippen molar-refractivity contribution in [2.24, 2.45) is 0 Å². The van der Waals surface area contributed by atoms with Crippen LogP contribution < -0.4 is 0 Å². The summed E-state index contributed by atoms with van der Waals surface area (Å²) in [5, 5.41) is 0. The second kappa shape index (κ2) is 69.3. The van der Waals surface area contributed by atoms with Crippen molar-refractivity contribution in [3.63, 3.8) is 0 Å². The van der Waals surface area contributed by atoms with Crippen molar-refractivity contribution in [1.82, 2.24) is 0 Å². The van der Waals surface area contributed by atoms with Crippen LogP contribution in [0.4, 0.5) is 0 Å². The van der Waals surface area contributed by atoms with Crippen molar-refractivity contribution in [3.05, 3.63) is 0 Å². The number of thiol groups is 1. The second-order valence-electron chi connectivity index (χ2n) is 24.1. The number of hydrogen-bond donors (Lipinski definition) is 1. The van der Waals surface area contributed by atoms with Gasteiger partial charge in [-0.25, -0.2) is 0 Å². The quantitative estimate of drug-likeness (QED) is 0.0456. The fraction of sp³-hybridized carbons (Fsp3) is 1.00. The van der Waals surface area contributed by atoms with Crippen LogP contribution in [0.3, 0.4) is 0 Å². The van der Waals surface area contributed by atoms with Crippen molar-refractivity contribution < 1.29 is 0 Å². The molecule has 0 aromatic heterocycles. The summed E-state index contributed by atoms with van der Waals surface area (Å²) in [5.74, 6) is 1.07. The fourth-order valence-corrected chi connectivity index (χ4v) is 11.9. The molecule has 0 rings (SSSR count).